The number of fused-ring (bicyclic) bond motifs is 2. The SMILES string of the molecule is CC(=O)C12C[C-]1C1(COC(=O)O1)C(C)N2C.[W]. The number of ketones is 1. The van der Waals surface area contributed by atoms with Crippen LogP contribution >= 0.6 is 0 Å². The molecule has 17 heavy (non-hydrogen) atoms. The van der Waals surface area contributed by atoms with Gasteiger partial charge in [0.05, 0.1) is 5.60 Å². The topological polar surface area (TPSA) is 55.8 Å². The fourth-order valence-electron chi connectivity index (χ4n) is 3.26. The first-order chi connectivity index (χ1) is 7.45. The van der Waals surface area contributed by atoms with Crippen LogP contribution in [0.2, 0.25) is 0 Å². The van der Waals surface area contributed by atoms with Crippen LogP contribution in [0.25, 0.3) is 0 Å². The number of hydrogen-bond acceptors (Lipinski definition) is 5. The third kappa shape index (κ3) is 1.27. The van der Waals surface area contributed by atoms with Gasteiger partial charge in [0, 0.05) is 27.1 Å². The second-order valence-corrected chi connectivity index (χ2v) is 4.89. The number of likely N-dealkylation sites (N-methyl/N-ethyl adjacent to an activating group) is 1. The minimum Gasteiger partial charge on any atom is -0.455 e. The molecular formula is C11H14NO4W-. The van der Waals surface area contributed by atoms with Crippen molar-refractivity contribution < 1.29 is 40.1 Å². The molecule has 2 heterocycles. The molecule has 1 aliphatic carbocycles. The van der Waals surface area contributed by atoms with E-state index in [1.165, 1.54) is 0 Å². The van der Waals surface area contributed by atoms with Gasteiger partial charge in [0.15, 0.2) is 0 Å². The number of piperidine rings is 1. The molecule has 2 aliphatic heterocycles. The van der Waals surface area contributed by atoms with Crippen molar-refractivity contribution >= 4 is 11.9 Å². The van der Waals surface area contributed by atoms with Crippen LogP contribution in [0.1, 0.15) is 20.3 Å². The van der Waals surface area contributed by atoms with Crippen molar-refractivity contribution in [1.82, 2.24) is 4.90 Å². The van der Waals surface area contributed by atoms with E-state index in [1.54, 1.807) is 6.92 Å². The maximum absolute atomic E-state index is 11.7. The van der Waals surface area contributed by atoms with Gasteiger partial charge in [0.2, 0.25) is 0 Å². The molecule has 3 fully saturated rings. The molecule has 3 aliphatic rings. The third-order valence-corrected chi connectivity index (χ3v) is 4.43. The standard InChI is InChI=1S/C11H14NO4.W/c1-6-11(5-15-9(14)16-11)8-4-10(8,7(2)13)12(6)3;/h6H,4-5H2,1-3H3;/q-1;. The summed E-state index contributed by atoms with van der Waals surface area (Å²) in [5.41, 5.74) is -1.18. The van der Waals surface area contributed by atoms with Crippen LogP contribution in [0.5, 0.6) is 0 Å². The van der Waals surface area contributed by atoms with Crippen LogP contribution < -0.4 is 0 Å². The van der Waals surface area contributed by atoms with E-state index >= 15 is 0 Å². The second-order valence-electron chi connectivity index (χ2n) is 4.89. The molecule has 0 aromatic heterocycles. The molecule has 5 nitrogen and oxygen atoms in total. The molecule has 1 spiro atoms. The smallest absolute Gasteiger partial charge is 0.455 e. The molecule has 1 saturated carbocycles. The molecule has 2 saturated heterocycles. The van der Waals surface area contributed by atoms with Gasteiger partial charge in [-0.1, -0.05) is 5.54 Å². The van der Waals surface area contributed by atoms with Crippen molar-refractivity contribution in [3.05, 3.63) is 5.92 Å². The Hall–Kier alpha value is -0.412. The number of ether oxygens (including phenoxy) is 2. The average Bonchev–Trinajstić information content (AvgIpc) is 2.85. The summed E-state index contributed by atoms with van der Waals surface area (Å²) in [6.07, 6.45) is 0.0683. The minimum atomic E-state index is -0.683. The Bertz CT molecular complexity index is 401. The van der Waals surface area contributed by atoms with E-state index in [4.69, 9.17) is 9.47 Å². The van der Waals surface area contributed by atoms with Gasteiger partial charge in [-0.15, -0.1) is 0 Å². The van der Waals surface area contributed by atoms with E-state index in [1.807, 2.05) is 18.9 Å². The van der Waals surface area contributed by atoms with Gasteiger partial charge < -0.3 is 19.2 Å². The fraction of sp³-hybridized carbons (Fsp3) is 0.727. The molecule has 3 rings (SSSR count). The van der Waals surface area contributed by atoms with Crippen molar-refractivity contribution in [2.24, 2.45) is 0 Å². The molecule has 3 unspecified atom stereocenters. The first-order valence-electron chi connectivity index (χ1n) is 5.42. The van der Waals surface area contributed by atoms with Crippen LogP contribution in [0.4, 0.5) is 4.79 Å². The minimum absolute atomic E-state index is 0. The summed E-state index contributed by atoms with van der Waals surface area (Å²) in [6, 6.07) is -0.00778. The van der Waals surface area contributed by atoms with Crippen molar-refractivity contribution in [1.29, 1.82) is 0 Å². The van der Waals surface area contributed by atoms with E-state index in [9.17, 15) is 9.59 Å². The van der Waals surface area contributed by atoms with E-state index in [0.717, 1.165) is 5.92 Å². The van der Waals surface area contributed by atoms with Crippen molar-refractivity contribution in [3.8, 4) is 0 Å². The van der Waals surface area contributed by atoms with Gasteiger partial charge in [0.25, 0.3) is 0 Å². The predicted octanol–water partition coefficient (Wildman–Crippen LogP) is 0.529. The Balaban J connectivity index is 0.00000108. The summed E-state index contributed by atoms with van der Waals surface area (Å²) in [5, 5.41) is 0. The Morgan fingerprint density at radius 3 is 2.65 bits per heavy atom. The molecule has 0 amide bonds. The number of carbonyl (C=O) groups excluding carboxylic acids is 2. The zero-order valence-electron chi connectivity index (χ0n) is 9.98. The molecule has 0 bridgehead atoms. The van der Waals surface area contributed by atoms with Gasteiger partial charge in [-0.2, -0.15) is 6.42 Å². The van der Waals surface area contributed by atoms with E-state index in [0.29, 0.717) is 6.42 Å². The molecule has 0 radical (unpaired) electrons. The number of likely N-dealkylation sites (tertiary alicyclic amines) is 1. The van der Waals surface area contributed by atoms with Gasteiger partial charge >= 0.3 is 6.16 Å². The second kappa shape index (κ2) is 3.55. The Kier molecular flexibility index (Phi) is 2.72. The van der Waals surface area contributed by atoms with Gasteiger partial charge in [-0.05, 0) is 20.9 Å². The first-order valence-corrected chi connectivity index (χ1v) is 5.42. The normalized spacial score (nSPS) is 43.9. The number of hydrogen-bond donors (Lipinski definition) is 0. The van der Waals surface area contributed by atoms with Crippen LogP contribution in [-0.2, 0) is 35.3 Å². The summed E-state index contributed by atoms with van der Waals surface area (Å²) in [6.45, 7) is 3.79. The summed E-state index contributed by atoms with van der Waals surface area (Å²) >= 11 is 0. The number of nitrogens with zero attached hydrogens (tertiary/aromatic N) is 1. The summed E-state index contributed by atoms with van der Waals surface area (Å²) in [5.74, 6) is 1.13. The zero-order valence-corrected chi connectivity index (χ0v) is 12.9. The van der Waals surface area contributed by atoms with Gasteiger partial charge in [-0.3, -0.25) is 0 Å². The summed E-state index contributed by atoms with van der Waals surface area (Å²) < 4.78 is 10.2. The number of rotatable bonds is 1. The average molecular weight is 408 g/mol. The van der Waals surface area contributed by atoms with E-state index in [-0.39, 0.29) is 39.5 Å². The predicted molar refractivity (Wildman–Crippen MR) is 53.7 cm³/mol. The Labute approximate surface area is 114 Å². The molecular weight excluding hydrogens is 394 g/mol. The Morgan fingerprint density at radius 2 is 2.24 bits per heavy atom. The quantitative estimate of drug-likeness (QED) is 0.468. The summed E-state index contributed by atoms with van der Waals surface area (Å²) in [7, 11) is 1.90. The van der Waals surface area contributed by atoms with Crippen LogP contribution in [0.3, 0.4) is 0 Å². The maximum atomic E-state index is 11.7. The largest absolute Gasteiger partial charge is 0.506 e. The molecule has 0 aromatic carbocycles. The van der Waals surface area contributed by atoms with Crippen LogP contribution in [0.15, 0.2) is 0 Å². The van der Waals surface area contributed by atoms with Gasteiger partial charge in [0.1, 0.15) is 12.4 Å². The number of carbonyl (C=O) groups is 2. The molecule has 0 N–H and O–H groups in total. The van der Waals surface area contributed by atoms with E-state index in [2.05, 4.69) is 0 Å². The molecule has 0 aromatic rings. The van der Waals surface area contributed by atoms with Crippen molar-refractivity contribution in [2.45, 2.75) is 37.5 Å². The Morgan fingerprint density at radius 1 is 1.59 bits per heavy atom. The van der Waals surface area contributed by atoms with Crippen molar-refractivity contribution in [2.75, 3.05) is 13.7 Å². The van der Waals surface area contributed by atoms with Crippen LogP contribution in [-0.4, -0.2) is 47.7 Å². The maximum Gasteiger partial charge on any atom is 0.506 e. The van der Waals surface area contributed by atoms with Crippen LogP contribution in [0, 0.1) is 5.92 Å². The summed E-state index contributed by atoms with van der Waals surface area (Å²) in [4.78, 5) is 24.9. The molecule has 6 heteroatoms. The first kappa shape index (κ1) is 13.0. The third-order valence-electron chi connectivity index (χ3n) is 4.43. The van der Waals surface area contributed by atoms with E-state index < -0.39 is 17.3 Å². The fourth-order valence-corrected chi connectivity index (χ4v) is 3.26. The monoisotopic (exact) mass is 408 g/mol. The molecule has 3 atom stereocenters. The zero-order chi connectivity index (χ0) is 11.7. The molecule has 94 valence electrons. The van der Waals surface area contributed by atoms with Crippen molar-refractivity contribution in [3.63, 3.8) is 0 Å². The number of cyclic esters (lactones) is 1. The van der Waals surface area contributed by atoms with Gasteiger partial charge in [-0.25, -0.2) is 10.7 Å². The number of Topliss-reactive ketones (excluding diaryl/α,β-unsaturated/α-hetero) is 1.